The minimum Gasteiger partial charge on any atom is -0.481 e. The molecule has 1 aromatic rings. The van der Waals surface area contributed by atoms with Crippen molar-refractivity contribution in [2.75, 3.05) is 15.8 Å². The molecule has 3 N–H and O–H groups in total. The quantitative estimate of drug-likeness (QED) is 0.639. The van der Waals surface area contributed by atoms with E-state index >= 15 is 0 Å². The topological polar surface area (TPSA) is 113 Å². The van der Waals surface area contributed by atoms with Gasteiger partial charge in [-0.1, -0.05) is 19.8 Å². The van der Waals surface area contributed by atoms with Gasteiger partial charge in [-0.2, -0.15) is 0 Å². The number of carboxylic acids is 1. The number of hydrogen-bond donors (Lipinski definition) is 3. The zero-order valence-electron chi connectivity index (χ0n) is 14.9. The van der Waals surface area contributed by atoms with Gasteiger partial charge in [-0.15, -0.1) is 0 Å². The molecule has 0 spiro atoms. The number of amides is 1. The van der Waals surface area contributed by atoms with Crippen LogP contribution in [-0.4, -0.2) is 31.2 Å². The Labute approximate surface area is 154 Å². The van der Waals surface area contributed by atoms with Gasteiger partial charge >= 0.3 is 5.97 Å². The molecule has 0 radical (unpaired) electrons. The van der Waals surface area contributed by atoms with Crippen molar-refractivity contribution in [2.45, 2.75) is 45.4 Å². The van der Waals surface area contributed by atoms with Crippen molar-refractivity contribution < 1.29 is 23.1 Å². The highest BCUT2D eigenvalue weighted by Crippen LogP contribution is 2.30. The molecule has 1 fully saturated rings. The molecule has 1 aliphatic carbocycles. The number of hydrogen-bond acceptors (Lipinski definition) is 4. The number of nitrogens with one attached hydrogen (secondary N) is 2. The van der Waals surface area contributed by atoms with E-state index in [0.29, 0.717) is 37.1 Å². The highest BCUT2D eigenvalue weighted by atomic mass is 32.2. The SMILES string of the molecule is CCCCS(=O)(=O)Nc1ccc(NC(=O)C2CCCC(C(=O)O)C2)cc1. The molecule has 2 atom stereocenters. The molecular weight excluding hydrogens is 356 g/mol. The van der Waals surface area contributed by atoms with E-state index in [1.807, 2.05) is 6.92 Å². The lowest BCUT2D eigenvalue weighted by Gasteiger charge is -2.25. The van der Waals surface area contributed by atoms with Crippen LogP contribution in [0.4, 0.5) is 11.4 Å². The first-order chi connectivity index (χ1) is 12.3. The average Bonchev–Trinajstić information content (AvgIpc) is 2.61. The molecule has 2 rings (SSSR count). The van der Waals surface area contributed by atoms with E-state index in [-0.39, 0.29) is 17.6 Å². The van der Waals surface area contributed by atoms with Crippen LogP contribution in [0.25, 0.3) is 0 Å². The lowest BCUT2D eigenvalue weighted by Crippen LogP contribution is -2.30. The van der Waals surface area contributed by atoms with Crippen LogP contribution in [0.1, 0.15) is 45.4 Å². The summed E-state index contributed by atoms with van der Waals surface area (Å²) in [5.41, 5.74) is 1.01. The summed E-state index contributed by atoms with van der Waals surface area (Å²) in [5, 5.41) is 11.9. The van der Waals surface area contributed by atoms with E-state index in [0.717, 1.165) is 12.8 Å². The zero-order chi connectivity index (χ0) is 19.2. The molecule has 26 heavy (non-hydrogen) atoms. The van der Waals surface area contributed by atoms with Crippen molar-refractivity contribution in [3.8, 4) is 0 Å². The predicted octanol–water partition coefficient (Wildman–Crippen LogP) is 3.06. The van der Waals surface area contributed by atoms with E-state index in [1.165, 1.54) is 0 Å². The largest absolute Gasteiger partial charge is 0.481 e. The Bertz CT molecular complexity index is 730. The molecule has 144 valence electrons. The van der Waals surface area contributed by atoms with Gasteiger partial charge < -0.3 is 10.4 Å². The summed E-state index contributed by atoms with van der Waals surface area (Å²) in [6, 6.07) is 6.46. The summed E-state index contributed by atoms with van der Waals surface area (Å²) < 4.78 is 26.3. The maximum atomic E-state index is 12.4. The minimum atomic E-state index is -3.36. The molecular formula is C18H26N2O5S. The number of carboxylic acid groups (broad SMARTS) is 1. The van der Waals surface area contributed by atoms with Gasteiger partial charge in [0, 0.05) is 17.3 Å². The molecule has 8 heteroatoms. The number of anilines is 2. The molecule has 0 aliphatic heterocycles. The number of benzene rings is 1. The van der Waals surface area contributed by atoms with Gasteiger partial charge in [0.1, 0.15) is 0 Å². The van der Waals surface area contributed by atoms with Gasteiger partial charge in [0.15, 0.2) is 0 Å². The molecule has 0 bridgehead atoms. The van der Waals surface area contributed by atoms with Crippen LogP contribution in [0.3, 0.4) is 0 Å². The smallest absolute Gasteiger partial charge is 0.306 e. The first-order valence-corrected chi connectivity index (χ1v) is 10.6. The van der Waals surface area contributed by atoms with Crippen LogP contribution in [0.2, 0.25) is 0 Å². The summed E-state index contributed by atoms with van der Waals surface area (Å²) in [7, 11) is -3.36. The maximum Gasteiger partial charge on any atom is 0.306 e. The van der Waals surface area contributed by atoms with Gasteiger partial charge in [0.25, 0.3) is 0 Å². The van der Waals surface area contributed by atoms with Crippen molar-refractivity contribution in [1.82, 2.24) is 0 Å². The summed E-state index contributed by atoms with van der Waals surface area (Å²) >= 11 is 0. The summed E-state index contributed by atoms with van der Waals surface area (Å²) in [5.74, 6) is -1.72. The number of unbranched alkanes of at least 4 members (excludes halogenated alkanes) is 1. The third kappa shape index (κ3) is 6.01. The maximum absolute atomic E-state index is 12.4. The van der Waals surface area contributed by atoms with Gasteiger partial charge in [-0.05, 0) is 49.9 Å². The van der Waals surface area contributed by atoms with Crippen LogP contribution in [0, 0.1) is 11.8 Å². The lowest BCUT2D eigenvalue weighted by atomic mass is 9.81. The summed E-state index contributed by atoms with van der Waals surface area (Å²) in [6.45, 7) is 1.93. The van der Waals surface area contributed by atoms with Crippen LogP contribution >= 0.6 is 0 Å². The Hall–Kier alpha value is -2.09. The number of sulfonamides is 1. The average molecular weight is 382 g/mol. The fourth-order valence-electron chi connectivity index (χ4n) is 3.08. The van der Waals surface area contributed by atoms with Crippen molar-refractivity contribution >= 4 is 33.3 Å². The van der Waals surface area contributed by atoms with Gasteiger partial charge in [-0.3, -0.25) is 14.3 Å². The molecule has 7 nitrogen and oxygen atoms in total. The second-order valence-electron chi connectivity index (χ2n) is 6.74. The van der Waals surface area contributed by atoms with Crippen LogP contribution in [0.15, 0.2) is 24.3 Å². The van der Waals surface area contributed by atoms with Gasteiger partial charge in [0.05, 0.1) is 11.7 Å². The number of aliphatic carboxylic acids is 1. The first-order valence-electron chi connectivity index (χ1n) is 8.95. The molecule has 0 saturated heterocycles. The van der Waals surface area contributed by atoms with Crippen LogP contribution in [-0.2, 0) is 19.6 Å². The Balaban J connectivity index is 1.92. The highest BCUT2D eigenvalue weighted by Gasteiger charge is 2.31. The first kappa shape index (κ1) is 20.2. The van der Waals surface area contributed by atoms with Crippen molar-refractivity contribution in [2.24, 2.45) is 11.8 Å². The second kappa shape index (κ2) is 9.02. The molecule has 1 amide bonds. The van der Waals surface area contributed by atoms with Crippen molar-refractivity contribution in [3.63, 3.8) is 0 Å². The molecule has 1 aliphatic rings. The van der Waals surface area contributed by atoms with Crippen molar-refractivity contribution in [1.29, 1.82) is 0 Å². The molecule has 1 aromatic carbocycles. The highest BCUT2D eigenvalue weighted by molar-refractivity contribution is 7.92. The minimum absolute atomic E-state index is 0.0778. The third-order valence-electron chi connectivity index (χ3n) is 4.59. The zero-order valence-corrected chi connectivity index (χ0v) is 15.7. The number of carbonyl (C=O) groups excluding carboxylic acids is 1. The molecule has 1 saturated carbocycles. The normalized spacial score (nSPS) is 20.3. The van der Waals surface area contributed by atoms with E-state index in [2.05, 4.69) is 10.0 Å². The summed E-state index contributed by atoms with van der Waals surface area (Å²) in [4.78, 5) is 23.5. The monoisotopic (exact) mass is 382 g/mol. The molecule has 2 unspecified atom stereocenters. The van der Waals surface area contributed by atoms with Crippen LogP contribution in [0.5, 0.6) is 0 Å². The number of rotatable bonds is 8. The predicted molar refractivity (Wildman–Crippen MR) is 100 cm³/mol. The lowest BCUT2D eigenvalue weighted by molar-refractivity contribution is -0.143. The van der Waals surface area contributed by atoms with E-state index in [4.69, 9.17) is 5.11 Å². The van der Waals surface area contributed by atoms with Gasteiger partial charge in [-0.25, -0.2) is 8.42 Å². The number of carbonyl (C=O) groups is 2. The van der Waals surface area contributed by atoms with Crippen molar-refractivity contribution in [3.05, 3.63) is 24.3 Å². The van der Waals surface area contributed by atoms with E-state index < -0.39 is 21.9 Å². The van der Waals surface area contributed by atoms with E-state index in [1.54, 1.807) is 24.3 Å². The standard InChI is InChI=1S/C18H26N2O5S/c1-2-3-11-26(24,25)20-16-9-7-15(8-10-16)19-17(21)13-5-4-6-14(12-13)18(22)23/h7-10,13-14,20H,2-6,11-12H2,1H3,(H,19,21)(H,22,23). The summed E-state index contributed by atoms with van der Waals surface area (Å²) in [6.07, 6.45) is 3.79. The third-order valence-corrected chi connectivity index (χ3v) is 5.96. The van der Waals surface area contributed by atoms with E-state index in [9.17, 15) is 18.0 Å². The van der Waals surface area contributed by atoms with Crippen LogP contribution < -0.4 is 10.0 Å². The molecule has 0 aromatic heterocycles. The Morgan fingerprint density at radius 3 is 2.35 bits per heavy atom. The fraction of sp³-hybridized carbons (Fsp3) is 0.556. The Morgan fingerprint density at radius 2 is 1.73 bits per heavy atom. The second-order valence-corrected chi connectivity index (χ2v) is 8.58. The fourth-order valence-corrected chi connectivity index (χ4v) is 4.35. The Kier molecular flexibility index (Phi) is 7.02. The van der Waals surface area contributed by atoms with Gasteiger partial charge in [0.2, 0.25) is 15.9 Å². The molecule has 0 heterocycles. The Morgan fingerprint density at radius 1 is 1.12 bits per heavy atom.